The van der Waals surface area contributed by atoms with Crippen molar-refractivity contribution < 1.29 is 4.80 Å². The summed E-state index contributed by atoms with van der Waals surface area (Å²) in [6.45, 7) is 7.94. The fraction of sp³-hybridized carbons (Fsp3) is 1.00. The van der Waals surface area contributed by atoms with Crippen molar-refractivity contribution in [1.82, 2.24) is 0 Å². The highest BCUT2D eigenvalue weighted by Gasteiger charge is 2.20. The van der Waals surface area contributed by atoms with E-state index >= 15 is 0 Å². The van der Waals surface area contributed by atoms with E-state index in [0.717, 1.165) is 6.04 Å². The molecule has 8 heavy (non-hydrogen) atoms. The van der Waals surface area contributed by atoms with Crippen LogP contribution in [0.5, 0.6) is 0 Å². The number of rotatable bonds is 2. The van der Waals surface area contributed by atoms with Crippen molar-refractivity contribution in [2.75, 3.05) is 0 Å². The van der Waals surface area contributed by atoms with Crippen molar-refractivity contribution in [2.24, 2.45) is 5.92 Å². The molecule has 0 aromatic rings. The molecular formula is C6H15OSi. The van der Waals surface area contributed by atoms with Crippen molar-refractivity contribution in [3.8, 4) is 0 Å². The van der Waals surface area contributed by atoms with E-state index in [4.69, 9.17) is 0 Å². The van der Waals surface area contributed by atoms with E-state index in [-0.39, 0.29) is 0 Å². The van der Waals surface area contributed by atoms with Crippen LogP contribution >= 0.6 is 0 Å². The Morgan fingerprint density at radius 3 is 1.75 bits per heavy atom. The van der Waals surface area contributed by atoms with Gasteiger partial charge in [0.15, 0.2) is 0 Å². The Kier molecular flexibility index (Phi) is 2.70. The largest absolute Gasteiger partial charge is 0.298 e. The molecule has 0 saturated carbocycles. The third-order valence-corrected chi connectivity index (χ3v) is 2.70. The normalized spacial score (nSPS) is 12.8. The maximum absolute atomic E-state index is 11.1. The summed E-state index contributed by atoms with van der Waals surface area (Å²) in [7, 11) is -1.97. The molecule has 1 nitrogen and oxygen atoms in total. The Hall–Kier alpha value is 0.177. The average molecular weight is 131 g/mol. The molecule has 0 fully saturated rings. The van der Waals surface area contributed by atoms with Crippen LogP contribution in [0.4, 0.5) is 0 Å². The zero-order valence-electron chi connectivity index (χ0n) is 6.19. The maximum Gasteiger partial charge on any atom is 0.231 e. The van der Waals surface area contributed by atoms with Crippen molar-refractivity contribution in [3.63, 3.8) is 0 Å². The molecule has 0 aliphatic rings. The van der Waals surface area contributed by atoms with Crippen molar-refractivity contribution in [3.05, 3.63) is 0 Å². The summed E-state index contributed by atoms with van der Waals surface area (Å²) in [4.78, 5) is 11.1. The lowest BCUT2D eigenvalue weighted by Crippen LogP contribution is -2.24. The molecule has 0 aliphatic carbocycles. The van der Waals surface area contributed by atoms with Crippen LogP contribution in [-0.2, 0) is 4.80 Å². The fourth-order valence-corrected chi connectivity index (χ4v) is 2.95. The maximum atomic E-state index is 11.1. The number of hydrogen-bond donors (Lipinski definition) is 0. The minimum atomic E-state index is -1.97. The standard InChI is InChI=1S/C6H15OSi/c1-6(2)5-8(3,4)7/h6H,5H2,1-4H3. The van der Waals surface area contributed by atoms with Gasteiger partial charge in [0.2, 0.25) is 8.32 Å². The molecule has 0 unspecified atom stereocenters. The van der Waals surface area contributed by atoms with Crippen LogP contribution in [0.3, 0.4) is 0 Å². The molecule has 0 heterocycles. The minimum absolute atomic E-state index is 0.592. The van der Waals surface area contributed by atoms with Gasteiger partial charge in [-0.25, -0.2) is 0 Å². The molecule has 0 spiro atoms. The van der Waals surface area contributed by atoms with Crippen LogP contribution in [0.2, 0.25) is 19.1 Å². The third kappa shape index (κ3) is 6.18. The summed E-state index contributed by atoms with van der Waals surface area (Å²) in [5, 5.41) is 0. The van der Waals surface area contributed by atoms with E-state index in [1.807, 2.05) is 13.1 Å². The molecule has 0 N–H and O–H groups in total. The molecule has 0 bridgehead atoms. The lowest BCUT2D eigenvalue weighted by atomic mass is 10.3. The van der Waals surface area contributed by atoms with Gasteiger partial charge in [-0.1, -0.05) is 13.8 Å². The van der Waals surface area contributed by atoms with Gasteiger partial charge in [-0.3, -0.25) is 4.80 Å². The minimum Gasteiger partial charge on any atom is -0.298 e. The molecule has 0 aliphatic heterocycles. The predicted molar refractivity (Wildman–Crippen MR) is 37.8 cm³/mol. The molecule has 1 radical (unpaired) electrons. The van der Waals surface area contributed by atoms with Crippen LogP contribution < -0.4 is 0 Å². The smallest absolute Gasteiger partial charge is 0.231 e. The van der Waals surface area contributed by atoms with E-state index in [1.54, 1.807) is 0 Å². The summed E-state index contributed by atoms with van der Waals surface area (Å²) in [5.41, 5.74) is 0. The molecular weight excluding hydrogens is 116 g/mol. The van der Waals surface area contributed by atoms with E-state index < -0.39 is 8.32 Å². The molecule has 0 amide bonds. The summed E-state index contributed by atoms with van der Waals surface area (Å²) >= 11 is 0. The van der Waals surface area contributed by atoms with Gasteiger partial charge in [0, 0.05) is 0 Å². The average Bonchev–Trinajstić information content (AvgIpc) is 1.21. The van der Waals surface area contributed by atoms with Gasteiger partial charge in [0.25, 0.3) is 0 Å². The SMILES string of the molecule is CC(C)C[Si](C)(C)[O]. The van der Waals surface area contributed by atoms with Gasteiger partial charge in [-0.15, -0.1) is 0 Å². The first kappa shape index (κ1) is 8.18. The van der Waals surface area contributed by atoms with Crippen molar-refractivity contribution >= 4 is 8.32 Å². The van der Waals surface area contributed by atoms with Gasteiger partial charge < -0.3 is 0 Å². The van der Waals surface area contributed by atoms with Crippen LogP contribution in [0.15, 0.2) is 0 Å². The highest BCUT2D eigenvalue weighted by molar-refractivity contribution is 6.69. The molecule has 0 saturated heterocycles. The first-order valence-corrected chi connectivity index (χ1v) is 6.24. The molecule has 0 aromatic heterocycles. The monoisotopic (exact) mass is 131 g/mol. The van der Waals surface area contributed by atoms with E-state index in [2.05, 4.69) is 13.8 Å². The Labute approximate surface area is 52.9 Å². The van der Waals surface area contributed by atoms with Gasteiger partial charge in [0.1, 0.15) is 0 Å². The molecule has 49 valence electrons. The second-order valence-electron chi connectivity index (χ2n) is 3.36. The molecule has 2 heteroatoms. The summed E-state index contributed by atoms with van der Waals surface area (Å²) in [5.74, 6) is 0.592. The Morgan fingerprint density at radius 2 is 1.75 bits per heavy atom. The summed E-state index contributed by atoms with van der Waals surface area (Å²) in [6.07, 6.45) is 0. The fourth-order valence-electron chi connectivity index (χ4n) is 0.983. The van der Waals surface area contributed by atoms with E-state index in [9.17, 15) is 4.80 Å². The molecule has 0 aromatic carbocycles. The summed E-state index contributed by atoms with van der Waals surface area (Å²) in [6, 6.07) is 0.910. The quantitative estimate of drug-likeness (QED) is 0.512. The van der Waals surface area contributed by atoms with Crippen molar-refractivity contribution in [1.29, 1.82) is 0 Å². The van der Waals surface area contributed by atoms with Crippen LogP contribution in [0, 0.1) is 5.92 Å². The third-order valence-electron chi connectivity index (χ3n) is 0.900. The zero-order chi connectivity index (χ0) is 6.78. The highest BCUT2D eigenvalue weighted by Crippen LogP contribution is 2.12. The van der Waals surface area contributed by atoms with Crippen LogP contribution in [0.1, 0.15) is 13.8 Å². The van der Waals surface area contributed by atoms with E-state index in [0.29, 0.717) is 5.92 Å². The Morgan fingerprint density at radius 1 is 1.38 bits per heavy atom. The molecule has 0 rings (SSSR count). The first-order valence-electron chi connectivity index (χ1n) is 3.12. The lowest BCUT2D eigenvalue weighted by Gasteiger charge is -2.12. The van der Waals surface area contributed by atoms with Crippen LogP contribution in [0.25, 0.3) is 0 Å². The van der Waals surface area contributed by atoms with Crippen molar-refractivity contribution in [2.45, 2.75) is 33.0 Å². The Bertz CT molecular complexity index is 63.4. The lowest BCUT2D eigenvalue weighted by molar-refractivity contribution is 0.418. The molecule has 0 atom stereocenters. The zero-order valence-corrected chi connectivity index (χ0v) is 7.19. The van der Waals surface area contributed by atoms with Crippen LogP contribution in [-0.4, -0.2) is 8.32 Å². The predicted octanol–water partition coefficient (Wildman–Crippen LogP) is 2.28. The van der Waals surface area contributed by atoms with E-state index in [1.165, 1.54) is 0 Å². The second-order valence-corrected chi connectivity index (χ2v) is 7.29. The topological polar surface area (TPSA) is 19.9 Å². The van der Waals surface area contributed by atoms with Gasteiger partial charge in [0.05, 0.1) is 0 Å². The number of hydrogen-bond acceptors (Lipinski definition) is 0. The Balaban J connectivity index is 3.39. The first-order chi connectivity index (χ1) is 3.42. The summed E-state index contributed by atoms with van der Waals surface area (Å²) < 4.78 is 0. The van der Waals surface area contributed by atoms with Gasteiger partial charge >= 0.3 is 0 Å². The van der Waals surface area contributed by atoms with Gasteiger partial charge in [-0.05, 0) is 25.1 Å². The van der Waals surface area contributed by atoms with Gasteiger partial charge in [-0.2, -0.15) is 0 Å². The second kappa shape index (κ2) is 2.64. The highest BCUT2D eigenvalue weighted by atomic mass is 28.4.